The molecule has 0 amide bonds. The first kappa shape index (κ1) is 12.7. The maximum Gasteiger partial charge on any atom is 0.186 e. The van der Waals surface area contributed by atoms with Crippen molar-refractivity contribution in [2.45, 2.75) is 0 Å². The van der Waals surface area contributed by atoms with Gasteiger partial charge in [-0.05, 0) is 11.4 Å². The molecule has 0 saturated carbocycles. The van der Waals surface area contributed by atoms with E-state index in [-0.39, 0.29) is 12.4 Å². The topological polar surface area (TPSA) is 43.8 Å². The first-order chi connectivity index (χ1) is 8.29. The molecule has 0 radical (unpaired) electrons. The Morgan fingerprint density at radius 2 is 2.00 bits per heavy atom. The number of hydrogen-bond acceptors (Lipinski definition) is 5. The Bertz CT molecular complexity index is 345. The molecule has 1 N–H and O–H groups in total. The molecule has 2 heterocycles. The van der Waals surface area contributed by atoms with Gasteiger partial charge in [0.15, 0.2) is 5.78 Å². The Morgan fingerprint density at radius 3 is 2.59 bits per heavy atom. The van der Waals surface area contributed by atoms with E-state index >= 15 is 0 Å². The highest BCUT2D eigenvalue weighted by atomic mass is 32.1. The molecule has 4 nitrogen and oxygen atoms in total. The van der Waals surface area contributed by atoms with Gasteiger partial charge in [-0.1, -0.05) is 6.07 Å². The molecule has 1 aromatic heterocycles. The summed E-state index contributed by atoms with van der Waals surface area (Å²) in [6.45, 7) is 5.19. The summed E-state index contributed by atoms with van der Waals surface area (Å²) < 4.78 is 0. The largest absolute Gasteiger partial charge is 0.395 e. The molecule has 0 spiro atoms. The van der Waals surface area contributed by atoms with Crippen LogP contribution in [0.25, 0.3) is 0 Å². The molecule has 2 rings (SSSR count). The standard InChI is InChI=1S/C12H18N2O2S/c15-8-7-13-3-5-14(6-4-13)10-11(16)12-2-1-9-17-12/h1-2,9,15H,3-8,10H2. The van der Waals surface area contributed by atoms with Crippen molar-refractivity contribution in [3.63, 3.8) is 0 Å². The lowest BCUT2D eigenvalue weighted by atomic mass is 10.2. The van der Waals surface area contributed by atoms with Crippen LogP contribution in [-0.4, -0.2) is 66.6 Å². The highest BCUT2D eigenvalue weighted by Gasteiger charge is 2.19. The van der Waals surface area contributed by atoms with Gasteiger partial charge in [-0.25, -0.2) is 0 Å². The van der Waals surface area contributed by atoms with Crippen LogP contribution in [0.15, 0.2) is 17.5 Å². The zero-order valence-electron chi connectivity index (χ0n) is 9.84. The van der Waals surface area contributed by atoms with Crippen LogP contribution in [0.1, 0.15) is 9.67 Å². The number of carbonyl (C=O) groups is 1. The van der Waals surface area contributed by atoms with E-state index in [1.165, 1.54) is 11.3 Å². The second-order valence-corrected chi connectivity index (χ2v) is 5.19. The second kappa shape index (κ2) is 6.26. The maximum absolute atomic E-state index is 11.9. The lowest BCUT2D eigenvalue weighted by molar-refractivity contribution is 0.0826. The third-order valence-electron chi connectivity index (χ3n) is 3.04. The summed E-state index contributed by atoms with van der Waals surface area (Å²) >= 11 is 1.51. The van der Waals surface area contributed by atoms with Crippen LogP contribution in [0, 0.1) is 0 Å². The predicted molar refractivity (Wildman–Crippen MR) is 68.6 cm³/mol. The van der Waals surface area contributed by atoms with E-state index in [0.29, 0.717) is 6.54 Å². The van der Waals surface area contributed by atoms with Gasteiger partial charge in [0.2, 0.25) is 0 Å². The van der Waals surface area contributed by atoms with Crippen LogP contribution in [0.2, 0.25) is 0 Å². The smallest absolute Gasteiger partial charge is 0.186 e. The highest BCUT2D eigenvalue weighted by Crippen LogP contribution is 2.11. The van der Waals surface area contributed by atoms with Crippen molar-refractivity contribution in [3.05, 3.63) is 22.4 Å². The number of Topliss-reactive ketones (excluding diaryl/α,β-unsaturated/α-hetero) is 1. The Kier molecular flexibility index (Phi) is 4.67. The number of carbonyl (C=O) groups excluding carboxylic acids is 1. The molecule has 0 bridgehead atoms. The van der Waals surface area contributed by atoms with E-state index in [0.717, 1.165) is 37.6 Å². The summed E-state index contributed by atoms with van der Waals surface area (Å²) in [7, 11) is 0. The molecule has 0 aliphatic carbocycles. The van der Waals surface area contributed by atoms with E-state index in [1.807, 2.05) is 17.5 Å². The van der Waals surface area contributed by atoms with E-state index in [4.69, 9.17) is 5.11 Å². The summed E-state index contributed by atoms with van der Waals surface area (Å²) in [5.74, 6) is 0.218. The van der Waals surface area contributed by atoms with Crippen LogP contribution >= 0.6 is 11.3 Å². The molecule has 1 saturated heterocycles. The molecule has 5 heteroatoms. The zero-order chi connectivity index (χ0) is 12.1. The van der Waals surface area contributed by atoms with Gasteiger partial charge in [-0.15, -0.1) is 11.3 Å². The van der Waals surface area contributed by atoms with Crippen LogP contribution in [0.3, 0.4) is 0 Å². The molecule has 1 fully saturated rings. The van der Waals surface area contributed by atoms with Crippen molar-refractivity contribution < 1.29 is 9.90 Å². The SMILES string of the molecule is O=C(CN1CCN(CCO)CC1)c1cccs1. The van der Waals surface area contributed by atoms with Gasteiger partial charge < -0.3 is 5.11 Å². The quantitative estimate of drug-likeness (QED) is 0.779. The summed E-state index contributed by atoms with van der Waals surface area (Å²) in [6.07, 6.45) is 0. The van der Waals surface area contributed by atoms with Crippen LogP contribution in [-0.2, 0) is 0 Å². The van der Waals surface area contributed by atoms with Crippen molar-refractivity contribution in [3.8, 4) is 0 Å². The lowest BCUT2D eigenvalue weighted by Crippen LogP contribution is -2.48. The Morgan fingerprint density at radius 1 is 1.29 bits per heavy atom. The minimum absolute atomic E-state index is 0.216. The number of rotatable bonds is 5. The molecule has 0 atom stereocenters. The average molecular weight is 254 g/mol. The van der Waals surface area contributed by atoms with Crippen molar-refractivity contribution in [2.75, 3.05) is 45.9 Å². The fourth-order valence-electron chi connectivity index (χ4n) is 2.03. The number of aliphatic hydroxyl groups excluding tert-OH is 1. The summed E-state index contributed by atoms with van der Waals surface area (Å²) in [4.78, 5) is 17.2. The number of aliphatic hydroxyl groups is 1. The van der Waals surface area contributed by atoms with Gasteiger partial charge in [0.1, 0.15) is 0 Å². The Labute approximate surface area is 105 Å². The van der Waals surface area contributed by atoms with Crippen LogP contribution in [0.5, 0.6) is 0 Å². The minimum Gasteiger partial charge on any atom is -0.395 e. The molecule has 1 aliphatic heterocycles. The van der Waals surface area contributed by atoms with Crippen molar-refractivity contribution in [2.24, 2.45) is 0 Å². The van der Waals surface area contributed by atoms with E-state index in [1.54, 1.807) is 0 Å². The zero-order valence-corrected chi connectivity index (χ0v) is 10.7. The van der Waals surface area contributed by atoms with Gasteiger partial charge in [0.25, 0.3) is 0 Å². The third-order valence-corrected chi connectivity index (χ3v) is 3.96. The number of β-amino-alcohol motifs (C(OH)–C–C–N with tert-alkyl or cyclic N) is 1. The normalized spacial score (nSPS) is 18.4. The van der Waals surface area contributed by atoms with Crippen molar-refractivity contribution >= 4 is 17.1 Å². The fourth-order valence-corrected chi connectivity index (χ4v) is 2.69. The summed E-state index contributed by atoms with van der Waals surface area (Å²) in [5.41, 5.74) is 0. The van der Waals surface area contributed by atoms with Crippen molar-refractivity contribution in [1.29, 1.82) is 0 Å². The van der Waals surface area contributed by atoms with E-state index in [2.05, 4.69) is 9.80 Å². The number of piperazine rings is 1. The third kappa shape index (κ3) is 3.61. The van der Waals surface area contributed by atoms with Gasteiger partial charge in [-0.3, -0.25) is 14.6 Å². The molecule has 0 unspecified atom stereocenters. The number of hydrogen-bond donors (Lipinski definition) is 1. The molecule has 0 aromatic carbocycles. The fraction of sp³-hybridized carbons (Fsp3) is 0.583. The monoisotopic (exact) mass is 254 g/mol. The molecular weight excluding hydrogens is 236 g/mol. The number of nitrogens with zero attached hydrogens (tertiary/aromatic N) is 2. The van der Waals surface area contributed by atoms with Gasteiger partial charge in [-0.2, -0.15) is 0 Å². The Balaban J connectivity index is 1.76. The number of ketones is 1. The predicted octanol–water partition coefficient (Wildman–Crippen LogP) is 0.541. The van der Waals surface area contributed by atoms with Gasteiger partial charge in [0.05, 0.1) is 18.0 Å². The lowest BCUT2D eigenvalue weighted by Gasteiger charge is -2.33. The summed E-state index contributed by atoms with van der Waals surface area (Å²) in [6, 6.07) is 3.80. The van der Waals surface area contributed by atoms with E-state index < -0.39 is 0 Å². The second-order valence-electron chi connectivity index (χ2n) is 4.24. The minimum atomic E-state index is 0.216. The Hall–Kier alpha value is -0.750. The molecular formula is C12H18N2O2S. The van der Waals surface area contributed by atoms with Crippen LogP contribution in [0.4, 0.5) is 0 Å². The first-order valence-electron chi connectivity index (χ1n) is 5.92. The highest BCUT2D eigenvalue weighted by molar-refractivity contribution is 7.12. The average Bonchev–Trinajstić information content (AvgIpc) is 2.86. The van der Waals surface area contributed by atoms with Gasteiger partial charge >= 0.3 is 0 Å². The van der Waals surface area contributed by atoms with Gasteiger partial charge in [0, 0.05) is 32.7 Å². The molecule has 1 aliphatic rings. The summed E-state index contributed by atoms with van der Waals surface area (Å²) in [5, 5.41) is 10.8. The van der Waals surface area contributed by atoms with Crippen LogP contribution < -0.4 is 0 Å². The first-order valence-corrected chi connectivity index (χ1v) is 6.80. The number of thiophene rings is 1. The molecule has 94 valence electrons. The molecule has 17 heavy (non-hydrogen) atoms. The molecule has 1 aromatic rings. The van der Waals surface area contributed by atoms with Crippen molar-refractivity contribution in [1.82, 2.24) is 9.80 Å². The maximum atomic E-state index is 11.9. The van der Waals surface area contributed by atoms with E-state index in [9.17, 15) is 4.79 Å².